The number of carbonyl (C=O) groups excluding carboxylic acids is 2. The largest absolute Gasteiger partial charge is 0.325 e. The van der Waals surface area contributed by atoms with Gasteiger partial charge >= 0.3 is 0 Å². The summed E-state index contributed by atoms with van der Waals surface area (Å²) >= 11 is 1.44. The molecule has 8 heteroatoms. The van der Waals surface area contributed by atoms with Crippen LogP contribution >= 0.6 is 11.8 Å². The van der Waals surface area contributed by atoms with Crippen LogP contribution in [0, 0.1) is 5.92 Å². The third-order valence-corrected chi connectivity index (χ3v) is 8.17. The van der Waals surface area contributed by atoms with Crippen molar-refractivity contribution in [2.75, 3.05) is 17.6 Å². The molecule has 3 unspecified atom stereocenters. The van der Waals surface area contributed by atoms with E-state index in [-0.39, 0.29) is 35.8 Å². The van der Waals surface area contributed by atoms with Crippen molar-refractivity contribution in [3.8, 4) is 0 Å². The van der Waals surface area contributed by atoms with Crippen LogP contribution < -0.4 is 10.7 Å². The third kappa shape index (κ3) is 5.17. The molecule has 35 heavy (non-hydrogen) atoms. The van der Waals surface area contributed by atoms with E-state index in [1.165, 1.54) is 22.9 Å². The number of carbonyl (C=O) groups is 2. The SMILES string of the molecule is CCc1ccc(NC(=O)CSC2=NNC3N(CCc4ccccc4)C(=O)C4CCCCC4N23)cc1. The Morgan fingerprint density at radius 3 is 2.63 bits per heavy atom. The number of hydrogen-bond acceptors (Lipinski definition) is 6. The summed E-state index contributed by atoms with van der Waals surface area (Å²) in [4.78, 5) is 30.4. The fourth-order valence-corrected chi connectivity index (χ4v) is 6.16. The predicted molar refractivity (Wildman–Crippen MR) is 141 cm³/mol. The van der Waals surface area contributed by atoms with Crippen molar-refractivity contribution in [2.45, 2.75) is 57.8 Å². The van der Waals surface area contributed by atoms with Crippen LogP contribution in [0.25, 0.3) is 0 Å². The van der Waals surface area contributed by atoms with E-state index in [2.05, 4.69) is 39.8 Å². The molecule has 2 N–H and O–H groups in total. The van der Waals surface area contributed by atoms with E-state index in [0.29, 0.717) is 6.54 Å². The Kier molecular flexibility index (Phi) is 7.27. The first-order valence-corrected chi connectivity index (χ1v) is 13.6. The number of thioether (sulfide) groups is 1. The first kappa shape index (κ1) is 23.7. The highest BCUT2D eigenvalue weighted by molar-refractivity contribution is 8.14. The van der Waals surface area contributed by atoms with Crippen LogP contribution in [0.5, 0.6) is 0 Å². The maximum atomic E-state index is 13.5. The van der Waals surface area contributed by atoms with Gasteiger partial charge in [0.15, 0.2) is 11.5 Å². The number of amides is 2. The molecule has 3 atom stereocenters. The average Bonchev–Trinajstić information content (AvgIpc) is 3.32. The second kappa shape index (κ2) is 10.7. The topological polar surface area (TPSA) is 77.0 Å². The van der Waals surface area contributed by atoms with Crippen LogP contribution in [-0.4, -0.2) is 51.4 Å². The molecule has 1 aliphatic carbocycles. The molecular formula is C27H33N5O2S. The van der Waals surface area contributed by atoms with Crippen LogP contribution in [-0.2, 0) is 22.4 Å². The summed E-state index contributed by atoms with van der Waals surface area (Å²) in [6.45, 7) is 2.75. The van der Waals surface area contributed by atoms with Crippen molar-refractivity contribution >= 4 is 34.4 Å². The number of nitrogens with zero attached hydrogens (tertiary/aromatic N) is 3. The first-order chi connectivity index (χ1) is 17.1. The van der Waals surface area contributed by atoms with Gasteiger partial charge in [-0.1, -0.05) is 74.0 Å². The zero-order chi connectivity index (χ0) is 24.2. The standard InChI is InChI=1S/C27H33N5O2S/c1-2-19-12-14-21(15-13-19)28-24(33)18-35-27-30-29-26-31(17-16-20-8-4-3-5-9-20)25(34)22-10-6-7-11-23(22)32(26)27/h3-5,8-9,12-15,22-23,26,29H,2,6-7,10-11,16-18H2,1H3,(H,28,33). The number of aryl methyl sites for hydroxylation is 1. The van der Waals surface area contributed by atoms with Crippen molar-refractivity contribution in [2.24, 2.45) is 11.0 Å². The number of nitrogens with one attached hydrogen (secondary N) is 2. The highest BCUT2D eigenvalue weighted by Crippen LogP contribution is 2.38. The summed E-state index contributed by atoms with van der Waals surface area (Å²) in [5.74, 6) is 0.440. The fraction of sp³-hybridized carbons (Fsp3) is 0.444. The molecule has 3 aliphatic rings. The Morgan fingerprint density at radius 2 is 1.86 bits per heavy atom. The van der Waals surface area contributed by atoms with Crippen molar-refractivity contribution in [1.82, 2.24) is 15.2 Å². The van der Waals surface area contributed by atoms with E-state index in [1.807, 2.05) is 47.4 Å². The van der Waals surface area contributed by atoms with Crippen molar-refractivity contribution in [1.29, 1.82) is 0 Å². The van der Waals surface area contributed by atoms with Gasteiger partial charge in [-0.15, -0.1) is 0 Å². The molecule has 7 nitrogen and oxygen atoms in total. The molecule has 0 bridgehead atoms. The molecule has 1 saturated heterocycles. The van der Waals surface area contributed by atoms with Gasteiger partial charge in [0.2, 0.25) is 11.8 Å². The number of hydrazone groups is 1. The van der Waals surface area contributed by atoms with E-state index in [4.69, 9.17) is 0 Å². The lowest BCUT2D eigenvalue weighted by molar-refractivity contribution is -0.155. The second-order valence-electron chi connectivity index (χ2n) is 9.42. The second-order valence-corrected chi connectivity index (χ2v) is 10.4. The highest BCUT2D eigenvalue weighted by Gasteiger charge is 2.50. The number of amidine groups is 1. The quantitative estimate of drug-likeness (QED) is 0.612. The van der Waals surface area contributed by atoms with Gasteiger partial charge in [-0.3, -0.25) is 15.0 Å². The number of fused-ring (bicyclic) bond motifs is 3. The molecule has 184 valence electrons. The molecule has 2 aromatic carbocycles. The van der Waals surface area contributed by atoms with Gasteiger partial charge in [0.1, 0.15) is 0 Å². The molecule has 2 heterocycles. The number of hydrogen-bond donors (Lipinski definition) is 2. The number of rotatable bonds is 7. The third-order valence-electron chi connectivity index (χ3n) is 7.20. The van der Waals surface area contributed by atoms with Gasteiger partial charge in [0, 0.05) is 18.3 Å². The van der Waals surface area contributed by atoms with E-state index >= 15 is 0 Å². The van der Waals surface area contributed by atoms with Crippen LogP contribution in [0.15, 0.2) is 59.7 Å². The van der Waals surface area contributed by atoms with Crippen LogP contribution in [0.4, 0.5) is 5.69 Å². The normalized spacial score (nSPS) is 23.3. The molecule has 1 saturated carbocycles. The summed E-state index contributed by atoms with van der Waals surface area (Å²) in [6, 6.07) is 18.4. The fourth-order valence-electron chi connectivity index (χ4n) is 5.33. The molecule has 2 aliphatic heterocycles. The summed E-state index contributed by atoms with van der Waals surface area (Å²) in [7, 11) is 0. The zero-order valence-corrected chi connectivity index (χ0v) is 21.0. The summed E-state index contributed by atoms with van der Waals surface area (Å²) in [5.41, 5.74) is 6.48. The maximum Gasteiger partial charge on any atom is 0.234 e. The zero-order valence-electron chi connectivity index (χ0n) is 20.2. The Labute approximate surface area is 211 Å². The average molecular weight is 492 g/mol. The molecule has 5 rings (SSSR count). The van der Waals surface area contributed by atoms with Crippen molar-refractivity contribution < 1.29 is 9.59 Å². The molecule has 0 radical (unpaired) electrons. The first-order valence-electron chi connectivity index (χ1n) is 12.6. The van der Waals surface area contributed by atoms with E-state index in [0.717, 1.165) is 49.4 Å². The minimum atomic E-state index is -0.280. The summed E-state index contributed by atoms with van der Waals surface area (Å²) in [6.07, 6.45) is 5.60. The Balaban J connectivity index is 1.25. The molecule has 2 amide bonds. The molecule has 2 aromatic rings. The number of anilines is 1. The van der Waals surface area contributed by atoms with Gasteiger partial charge in [-0.2, -0.15) is 5.10 Å². The van der Waals surface area contributed by atoms with Crippen molar-refractivity contribution in [3.63, 3.8) is 0 Å². The van der Waals surface area contributed by atoms with E-state index < -0.39 is 0 Å². The van der Waals surface area contributed by atoms with Gasteiger partial charge in [-0.05, 0) is 48.9 Å². The minimum Gasteiger partial charge on any atom is -0.325 e. The summed E-state index contributed by atoms with van der Waals surface area (Å²) in [5, 5.41) is 8.38. The van der Waals surface area contributed by atoms with Gasteiger partial charge in [0.05, 0.1) is 11.7 Å². The van der Waals surface area contributed by atoms with Crippen LogP contribution in [0.3, 0.4) is 0 Å². The van der Waals surface area contributed by atoms with Gasteiger partial charge < -0.3 is 15.1 Å². The summed E-state index contributed by atoms with van der Waals surface area (Å²) < 4.78 is 0. The van der Waals surface area contributed by atoms with E-state index in [9.17, 15) is 9.59 Å². The minimum absolute atomic E-state index is 0.00706. The van der Waals surface area contributed by atoms with E-state index in [1.54, 1.807) is 0 Å². The molecule has 2 fully saturated rings. The smallest absolute Gasteiger partial charge is 0.234 e. The lowest BCUT2D eigenvalue weighted by Gasteiger charge is -2.50. The molecular weight excluding hydrogens is 458 g/mol. The lowest BCUT2D eigenvalue weighted by Crippen LogP contribution is -2.67. The maximum absolute atomic E-state index is 13.5. The van der Waals surface area contributed by atoms with Gasteiger partial charge in [-0.25, -0.2) is 0 Å². The van der Waals surface area contributed by atoms with Crippen molar-refractivity contribution in [3.05, 3.63) is 65.7 Å². The van der Waals surface area contributed by atoms with Crippen LogP contribution in [0.1, 0.15) is 43.7 Å². The Morgan fingerprint density at radius 1 is 1.09 bits per heavy atom. The molecule has 0 spiro atoms. The monoisotopic (exact) mass is 491 g/mol. The van der Waals surface area contributed by atoms with Crippen LogP contribution in [0.2, 0.25) is 0 Å². The molecule has 0 aromatic heterocycles. The highest BCUT2D eigenvalue weighted by atomic mass is 32.2. The Hall–Kier alpha value is -3.00. The number of benzene rings is 2. The predicted octanol–water partition coefficient (Wildman–Crippen LogP) is 4.02. The lowest BCUT2D eigenvalue weighted by atomic mass is 9.81. The van der Waals surface area contributed by atoms with Gasteiger partial charge in [0.25, 0.3) is 0 Å². The Bertz CT molecular complexity index is 1070.